The summed E-state index contributed by atoms with van der Waals surface area (Å²) in [4.78, 5) is 17.4. The second-order valence-electron chi connectivity index (χ2n) is 10.0. The molecule has 188 valence electrons. The van der Waals surface area contributed by atoms with Gasteiger partial charge in [0.05, 0.1) is 11.1 Å². The summed E-state index contributed by atoms with van der Waals surface area (Å²) in [6, 6.07) is 25.8. The molecule has 0 aliphatic carbocycles. The van der Waals surface area contributed by atoms with Gasteiger partial charge in [0.2, 0.25) is 0 Å². The van der Waals surface area contributed by atoms with Crippen LogP contribution in [0.4, 0.5) is 13.2 Å². The maximum Gasteiger partial charge on any atom is 0.417 e. The van der Waals surface area contributed by atoms with Crippen LogP contribution in [0.2, 0.25) is 0 Å². The predicted molar refractivity (Wildman–Crippen MR) is 135 cm³/mol. The maximum absolute atomic E-state index is 13.6. The molecule has 2 heterocycles. The van der Waals surface area contributed by atoms with E-state index in [1.54, 1.807) is 4.90 Å². The lowest BCUT2D eigenvalue weighted by atomic mass is 9.86. The van der Waals surface area contributed by atoms with Gasteiger partial charge in [-0.3, -0.25) is 4.79 Å². The van der Waals surface area contributed by atoms with E-state index in [1.165, 1.54) is 23.8 Å². The van der Waals surface area contributed by atoms with Crippen LogP contribution >= 0.6 is 0 Å². The van der Waals surface area contributed by atoms with Gasteiger partial charge in [-0.1, -0.05) is 72.8 Å². The average molecular weight is 493 g/mol. The number of amides is 1. The molecule has 1 amide bonds. The highest BCUT2D eigenvalue weighted by molar-refractivity contribution is 5.96. The van der Waals surface area contributed by atoms with Gasteiger partial charge >= 0.3 is 6.18 Å². The summed E-state index contributed by atoms with van der Waals surface area (Å²) in [5.41, 5.74) is 1.40. The molecule has 2 aliphatic heterocycles. The number of hydrogen-bond donors (Lipinski definition) is 0. The number of carbonyl (C=O) groups is 1. The molecule has 3 nitrogen and oxygen atoms in total. The number of benzene rings is 3. The average Bonchev–Trinajstić information content (AvgIpc) is 3.33. The van der Waals surface area contributed by atoms with E-state index in [1.807, 2.05) is 24.3 Å². The van der Waals surface area contributed by atoms with Crippen molar-refractivity contribution < 1.29 is 18.0 Å². The first-order valence-corrected chi connectivity index (χ1v) is 12.7. The standard InChI is InChI=1S/C30H31F3N2O/c31-30(32,33)28-14-8-7-13-26(28)29(36)35-20-25(27(21-35)24-11-5-2-6-12-24)19-34-17-15-23(16-18-34)22-9-3-1-4-10-22/h1-14,23,25,27H,15-21H2. The number of likely N-dealkylation sites (tertiary alicyclic amines) is 2. The van der Waals surface area contributed by atoms with E-state index in [4.69, 9.17) is 0 Å². The van der Waals surface area contributed by atoms with E-state index in [-0.39, 0.29) is 17.4 Å². The Balaban J connectivity index is 1.32. The Morgan fingerprint density at radius 2 is 1.36 bits per heavy atom. The fourth-order valence-corrected chi connectivity index (χ4v) is 5.89. The topological polar surface area (TPSA) is 23.6 Å². The summed E-state index contributed by atoms with van der Waals surface area (Å²) in [6.07, 6.45) is -2.38. The highest BCUT2D eigenvalue weighted by Gasteiger charge is 2.41. The number of alkyl halides is 3. The van der Waals surface area contributed by atoms with Gasteiger partial charge in [0.15, 0.2) is 0 Å². The Morgan fingerprint density at radius 1 is 0.778 bits per heavy atom. The van der Waals surface area contributed by atoms with Crippen molar-refractivity contribution in [2.75, 3.05) is 32.7 Å². The Kier molecular flexibility index (Phi) is 7.15. The second kappa shape index (κ2) is 10.5. The van der Waals surface area contributed by atoms with Crippen molar-refractivity contribution in [3.05, 3.63) is 107 Å². The van der Waals surface area contributed by atoms with E-state index in [0.29, 0.717) is 19.0 Å². The monoisotopic (exact) mass is 492 g/mol. The third-order valence-corrected chi connectivity index (χ3v) is 7.77. The third kappa shape index (κ3) is 5.34. The van der Waals surface area contributed by atoms with Gasteiger partial charge in [0.25, 0.3) is 5.91 Å². The molecule has 2 atom stereocenters. The quantitative estimate of drug-likeness (QED) is 0.409. The normalized spacial score (nSPS) is 21.6. The Morgan fingerprint density at radius 3 is 2.00 bits per heavy atom. The molecule has 0 saturated carbocycles. The summed E-state index contributed by atoms with van der Waals surface area (Å²) in [5.74, 6) is 0.296. The van der Waals surface area contributed by atoms with Crippen LogP contribution in [-0.4, -0.2) is 48.4 Å². The van der Waals surface area contributed by atoms with Crippen LogP contribution in [0.3, 0.4) is 0 Å². The number of hydrogen-bond acceptors (Lipinski definition) is 2. The minimum atomic E-state index is -4.56. The van der Waals surface area contributed by atoms with Crippen LogP contribution in [0, 0.1) is 5.92 Å². The molecule has 3 aromatic carbocycles. The number of piperidine rings is 1. The molecule has 0 aromatic heterocycles. The zero-order valence-electron chi connectivity index (χ0n) is 20.2. The number of nitrogens with zero attached hydrogens (tertiary/aromatic N) is 2. The van der Waals surface area contributed by atoms with Crippen LogP contribution < -0.4 is 0 Å². The summed E-state index contributed by atoms with van der Waals surface area (Å²) >= 11 is 0. The molecule has 3 aromatic rings. The minimum Gasteiger partial charge on any atom is -0.338 e. The molecular weight excluding hydrogens is 461 g/mol. The fraction of sp³-hybridized carbons (Fsp3) is 0.367. The molecule has 2 unspecified atom stereocenters. The van der Waals surface area contributed by atoms with Crippen LogP contribution in [-0.2, 0) is 6.18 Å². The first-order valence-electron chi connectivity index (χ1n) is 12.7. The lowest BCUT2D eigenvalue weighted by Crippen LogP contribution is -2.38. The Labute approximate surface area is 210 Å². The van der Waals surface area contributed by atoms with Crippen molar-refractivity contribution in [2.24, 2.45) is 5.92 Å². The van der Waals surface area contributed by atoms with Crippen molar-refractivity contribution in [1.29, 1.82) is 0 Å². The van der Waals surface area contributed by atoms with Gasteiger partial charge in [-0.05, 0) is 61.0 Å². The molecule has 0 N–H and O–H groups in total. The molecule has 2 fully saturated rings. The zero-order valence-corrected chi connectivity index (χ0v) is 20.2. The van der Waals surface area contributed by atoms with Crippen LogP contribution in [0.1, 0.15) is 51.7 Å². The van der Waals surface area contributed by atoms with Gasteiger partial charge in [0.1, 0.15) is 0 Å². The molecule has 0 spiro atoms. The molecule has 36 heavy (non-hydrogen) atoms. The zero-order chi connectivity index (χ0) is 25.1. The third-order valence-electron chi connectivity index (χ3n) is 7.77. The van der Waals surface area contributed by atoms with E-state index in [0.717, 1.165) is 44.1 Å². The molecule has 2 saturated heterocycles. The van der Waals surface area contributed by atoms with Gasteiger partial charge in [-0.15, -0.1) is 0 Å². The van der Waals surface area contributed by atoms with Crippen molar-refractivity contribution in [2.45, 2.75) is 30.9 Å². The van der Waals surface area contributed by atoms with Crippen molar-refractivity contribution in [3.8, 4) is 0 Å². The van der Waals surface area contributed by atoms with Crippen molar-refractivity contribution in [1.82, 2.24) is 9.80 Å². The summed E-state index contributed by atoms with van der Waals surface area (Å²) < 4.78 is 40.8. The molecule has 0 radical (unpaired) electrons. The smallest absolute Gasteiger partial charge is 0.338 e. The molecular formula is C30H31F3N2O. The van der Waals surface area contributed by atoms with Gasteiger partial charge in [-0.2, -0.15) is 13.2 Å². The first-order chi connectivity index (χ1) is 17.4. The number of halogens is 3. The number of rotatable bonds is 5. The largest absolute Gasteiger partial charge is 0.417 e. The molecule has 5 rings (SSSR count). The van der Waals surface area contributed by atoms with Crippen LogP contribution in [0.25, 0.3) is 0 Å². The van der Waals surface area contributed by atoms with E-state index in [2.05, 4.69) is 41.3 Å². The van der Waals surface area contributed by atoms with E-state index < -0.39 is 17.6 Å². The summed E-state index contributed by atoms with van der Waals surface area (Å²) in [5, 5.41) is 0. The lowest BCUT2D eigenvalue weighted by Gasteiger charge is -2.34. The van der Waals surface area contributed by atoms with Crippen LogP contribution in [0.15, 0.2) is 84.9 Å². The molecule has 2 aliphatic rings. The van der Waals surface area contributed by atoms with E-state index in [9.17, 15) is 18.0 Å². The Hall–Kier alpha value is -3.12. The lowest BCUT2D eigenvalue weighted by molar-refractivity contribution is -0.138. The van der Waals surface area contributed by atoms with Crippen LogP contribution in [0.5, 0.6) is 0 Å². The summed E-state index contributed by atoms with van der Waals surface area (Å²) in [6.45, 7) is 3.71. The highest BCUT2D eigenvalue weighted by atomic mass is 19.4. The highest BCUT2D eigenvalue weighted by Crippen LogP contribution is 2.38. The predicted octanol–water partition coefficient (Wildman–Crippen LogP) is 6.44. The van der Waals surface area contributed by atoms with Gasteiger partial charge in [0, 0.05) is 25.6 Å². The Bertz CT molecular complexity index is 1160. The van der Waals surface area contributed by atoms with Gasteiger partial charge < -0.3 is 9.80 Å². The van der Waals surface area contributed by atoms with Crippen molar-refractivity contribution >= 4 is 5.91 Å². The SMILES string of the molecule is O=C(c1ccccc1C(F)(F)F)N1CC(CN2CCC(c3ccccc3)CC2)C(c2ccccc2)C1. The van der Waals surface area contributed by atoms with E-state index >= 15 is 0 Å². The fourth-order valence-electron chi connectivity index (χ4n) is 5.89. The molecule has 6 heteroatoms. The first kappa shape index (κ1) is 24.6. The number of carbonyl (C=O) groups excluding carboxylic acids is 1. The second-order valence-corrected chi connectivity index (χ2v) is 10.0. The van der Waals surface area contributed by atoms with Crippen molar-refractivity contribution in [3.63, 3.8) is 0 Å². The maximum atomic E-state index is 13.6. The summed E-state index contributed by atoms with van der Waals surface area (Å²) in [7, 11) is 0. The molecule has 0 bridgehead atoms. The van der Waals surface area contributed by atoms with Gasteiger partial charge in [-0.25, -0.2) is 0 Å². The minimum absolute atomic E-state index is 0.0973.